The first-order valence-corrected chi connectivity index (χ1v) is 20.6. The third kappa shape index (κ3) is 9.03. The maximum atomic E-state index is 15.2. The molecule has 8 rings (SSSR count). The summed E-state index contributed by atoms with van der Waals surface area (Å²) >= 11 is 0. The Hall–Kier alpha value is -5.99. The molecule has 1 saturated carbocycles. The summed E-state index contributed by atoms with van der Waals surface area (Å²) in [6, 6.07) is 16.2. The molecule has 15 heteroatoms. The highest BCUT2D eigenvalue weighted by Gasteiger charge is 2.36. The summed E-state index contributed by atoms with van der Waals surface area (Å²) in [4.78, 5) is 75.5. The van der Waals surface area contributed by atoms with Gasteiger partial charge in [0, 0.05) is 79.7 Å². The van der Waals surface area contributed by atoms with Gasteiger partial charge in [0.15, 0.2) is 5.82 Å². The Kier molecular flexibility index (Phi) is 11.8. The number of hydrogen-bond donors (Lipinski definition) is 3. The molecule has 0 spiro atoms. The molecule has 4 aliphatic rings. The molecule has 4 aromatic rings. The van der Waals surface area contributed by atoms with E-state index in [0.717, 1.165) is 19.0 Å². The standard InChI is InChI=1S/C44H48F2N8O5/c45-35-25-32(48-37-13-14-38(55)50-41(37)57)11-12-34(35)27-15-20-52(21-16-27)43(59)29-17-22-53(23-18-29)42(58)28-7-9-31(10-8-28)49-44-47-26-36(46)40(51-44)30-4-3-5-33(24-30)54-19-2-1-6-39(54)56/h1-6,11-12,19,24-29,31,37,48H,7-10,13-18,20-23H2,(H,47,49,51)(H,50,55,57). The highest BCUT2D eigenvalue weighted by atomic mass is 19.1. The summed E-state index contributed by atoms with van der Waals surface area (Å²) in [7, 11) is 0. The van der Waals surface area contributed by atoms with Gasteiger partial charge in [0.2, 0.25) is 29.6 Å². The van der Waals surface area contributed by atoms with Crippen LogP contribution in [-0.4, -0.2) is 86.2 Å². The fourth-order valence-corrected chi connectivity index (χ4v) is 9.00. The number of pyridine rings is 1. The second kappa shape index (κ2) is 17.5. The van der Waals surface area contributed by atoms with Crippen molar-refractivity contribution >= 4 is 35.3 Å². The topological polar surface area (TPSA) is 159 Å². The molecule has 1 atom stereocenters. The van der Waals surface area contributed by atoms with Crippen LogP contribution in [0.15, 0.2) is 77.9 Å². The quantitative estimate of drug-likeness (QED) is 0.188. The fourth-order valence-electron chi connectivity index (χ4n) is 9.00. The Labute approximate surface area is 340 Å². The van der Waals surface area contributed by atoms with Crippen molar-refractivity contribution in [1.29, 1.82) is 0 Å². The number of halogens is 2. The van der Waals surface area contributed by atoms with Crippen molar-refractivity contribution in [1.82, 2.24) is 29.7 Å². The first kappa shape index (κ1) is 39.8. The van der Waals surface area contributed by atoms with Gasteiger partial charge < -0.3 is 20.4 Å². The van der Waals surface area contributed by atoms with Crippen LogP contribution in [0, 0.1) is 23.5 Å². The number of nitrogens with zero attached hydrogens (tertiary/aromatic N) is 5. The molecule has 59 heavy (non-hydrogen) atoms. The summed E-state index contributed by atoms with van der Waals surface area (Å²) in [5.74, 6) is -1.36. The maximum Gasteiger partial charge on any atom is 0.255 e. The minimum atomic E-state index is -0.588. The van der Waals surface area contributed by atoms with Crippen LogP contribution < -0.4 is 21.5 Å². The van der Waals surface area contributed by atoms with E-state index in [1.165, 1.54) is 16.7 Å². The van der Waals surface area contributed by atoms with Crippen LogP contribution in [0.1, 0.15) is 75.7 Å². The van der Waals surface area contributed by atoms with Crippen LogP contribution in [0.5, 0.6) is 0 Å². The predicted octanol–water partition coefficient (Wildman–Crippen LogP) is 5.41. The predicted molar refractivity (Wildman–Crippen MR) is 216 cm³/mol. The molecule has 3 N–H and O–H groups in total. The van der Waals surface area contributed by atoms with Gasteiger partial charge in [-0.15, -0.1) is 0 Å². The number of anilines is 2. The lowest BCUT2D eigenvalue weighted by Crippen LogP contribution is -2.48. The number of imide groups is 1. The highest BCUT2D eigenvalue weighted by molar-refractivity contribution is 6.01. The largest absolute Gasteiger partial charge is 0.374 e. The van der Waals surface area contributed by atoms with Crippen molar-refractivity contribution in [2.24, 2.45) is 11.8 Å². The number of benzene rings is 2. The molecule has 308 valence electrons. The number of rotatable bonds is 9. The molecule has 3 saturated heterocycles. The lowest BCUT2D eigenvalue weighted by atomic mass is 9.84. The summed E-state index contributed by atoms with van der Waals surface area (Å²) in [6.45, 7) is 2.18. The van der Waals surface area contributed by atoms with Gasteiger partial charge in [-0.1, -0.05) is 24.3 Å². The first-order chi connectivity index (χ1) is 28.6. The van der Waals surface area contributed by atoms with E-state index in [2.05, 4.69) is 25.9 Å². The summed E-state index contributed by atoms with van der Waals surface area (Å²) in [6.07, 6.45) is 8.80. The van der Waals surface area contributed by atoms with Crippen LogP contribution in [0.3, 0.4) is 0 Å². The van der Waals surface area contributed by atoms with Crippen LogP contribution in [-0.2, 0) is 19.2 Å². The summed E-state index contributed by atoms with van der Waals surface area (Å²) < 4.78 is 31.7. The smallest absolute Gasteiger partial charge is 0.255 e. The van der Waals surface area contributed by atoms with Crippen LogP contribution in [0.2, 0.25) is 0 Å². The fraction of sp³-hybridized carbons (Fsp3) is 0.432. The Bertz CT molecular complexity index is 2280. The zero-order valence-corrected chi connectivity index (χ0v) is 32.7. The third-order valence-electron chi connectivity index (χ3n) is 12.4. The number of piperidine rings is 3. The number of hydrogen-bond acceptors (Lipinski definition) is 9. The molecule has 3 aliphatic heterocycles. The van der Waals surface area contributed by atoms with E-state index in [9.17, 15) is 28.4 Å². The van der Waals surface area contributed by atoms with Gasteiger partial charge in [0.05, 0.1) is 6.20 Å². The number of aromatic nitrogens is 3. The average molecular weight is 807 g/mol. The van der Waals surface area contributed by atoms with Crippen molar-refractivity contribution in [2.45, 2.75) is 82.2 Å². The lowest BCUT2D eigenvalue weighted by Gasteiger charge is -2.39. The molecule has 4 amide bonds. The molecular formula is C44H48F2N8O5. The van der Waals surface area contributed by atoms with E-state index >= 15 is 4.39 Å². The van der Waals surface area contributed by atoms with E-state index in [1.54, 1.807) is 54.7 Å². The number of amides is 4. The van der Waals surface area contributed by atoms with E-state index in [0.29, 0.717) is 99.6 Å². The van der Waals surface area contributed by atoms with Gasteiger partial charge in [0.25, 0.3) is 5.56 Å². The monoisotopic (exact) mass is 806 g/mol. The van der Waals surface area contributed by atoms with E-state index in [4.69, 9.17) is 0 Å². The van der Waals surface area contributed by atoms with E-state index in [1.807, 2.05) is 9.80 Å². The van der Waals surface area contributed by atoms with Crippen LogP contribution in [0.25, 0.3) is 16.9 Å². The Balaban J connectivity index is 0.776. The van der Waals surface area contributed by atoms with Crippen molar-refractivity contribution in [3.63, 3.8) is 0 Å². The van der Waals surface area contributed by atoms with Crippen molar-refractivity contribution in [3.8, 4) is 16.9 Å². The highest BCUT2D eigenvalue weighted by Crippen LogP contribution is 2.34. The summed E-state index contributed by atoms with van der Waals surface area (Å²) in [5.41, 5.74) is 2.13. The van der Waals surface area contributed by atoms with Crippen LogP contribution >= 0.6 is 0 Å². The van der Waals surface area contributed by atoms with Gasteiger partial charge in [0.1, 0.15) is 17.6 Å². The molecular weight excluding hydrogens is 759 g/mol. The number of nitrogens with one attached hydrogen (secondary N) is 3. The minimum absolute atomic E-state index is 0.0218. The maximum absolute atomic E-state index is 15.2. The molecule has 1 unspecified atom stereocenters. The number of carbonyl (C=O) groups is 4. The Morgan fingerprint density at radius 1 is 0.729 bits per heavy atom. The van der Waals surface area contributed by atoms with Gasteiger partial charge in [-0.05, 0) is 99.6 Å². The van der Waals surface area contributed by atoms with Crippen LogP contribution in [0.4, 0.5) is 20.4 Å². The van der Waals surface area contributed by atoms with E-state index in [-0.39, 0.29) is 65.0 Å². The molecule has 2 aromatic heterocycles. The number of carbonyl (C=O) groups excluding carboxylic acids is 4. The molecule has 0 radical (unpaired) electrons. The Morgan fingerprint density at radius 2 is 1.44 bits per heavy atom. The molecule has 2 aromatic carbocycles. The summed E-state index contributed by atoms with van der Waals surface area (Å²) in [5, 5.41) is 8.67. The SMILES string of the molecule is O=C1CCC(Nc2ccc(C3CCN(C(=O)C4CCN(C(=O)C5CCC(Nc6ncc(F)c(-c7cccc(-n8ccccc8=O)c7)n6)CC5)CC4)CC3)c(F)c2)C(=O)N1. The molecule has 4 fully saturated rings. The van der Waals surface area contributed by atoms with E-state index < -0.39 is 17.8 Å². The van der Waals surface area contributed by atoms with Gasteiger partial charge in [-0.3, -0.25) is 33.9 Å². The lowest BCUT2D eigenvalue weighted by molar-refractivity contribution is -0.143. The van der Waals surface area contributed by atoms with Gasteiger partial charge in [-0.2, -0.15) is 0 Å². The first-order valence-electron chi connectivity index (χ1n) is 20.6. The van der Waals surface area contributed by atoms with Crippen molar-refractivity contribution in [2.75, 3.05) is 36.8 Å². The zero-order chi connectivity index (χ0) is 41.0. The molecule has 0 bridgehead atoms. The zero-order valence-electron chi connectivity index (χ0n) is 32.7. The molecule has 1 aliphatic carbocycles. The second-order valence-electron chi connectivity index (χ2n) is 16.1. The molecule has 13 nitrogen and oxygen atoms in total. The van der Waals surface area contributed by atoms with Crippen molar-refractivity contribution < 1.29 is 28.0 Å². The average Bonchev–Trinajstić information content (AvgIpc) is 3.25. The second-order valence-corrected chi connectivity index (χ2v) is 16.1. The van der Waals surface area contributed by atoms with Crippen molar-refractivity contribution in [3.05, 3.63) is 101 Å². The van der Waals surface area contributed by atoms with Gasteiger partial charge >= 0.3 is 0 Å². The van der Waals surface area contributed by atoms with Gasteiger partial charge in [-0.25, -0.2) is 18.7 Å². The third-order valence-corrected chi connectivity index (χ3v) is 12.4. The number of likely N-dealkylation sites (tertiary alicyclic amines) is 2. The normalized spacial score (nSPS) is 21.8. The minimum Gasteiger partial charge on any atom is -0.374 e. The Morgan fingerprint density at radius 3 is 2.14 bits per heavy atom. The molecule has 5 heterocycles.